The Morgan fingerprint density at radius 3 is 3.00 bits per heavy atom. The lowest BCUT2D eigenvalue weighted by molar-refractivity contribution is 0.607. The third-order valence-electron chi connectivity index (χ3n) is 1.56. The van der Waals surface area contributed by atoms with Crippen LogP contribution in [0, 0.1) is 5.82 Å². The topological polar surface area (TPSA) is 38.9 Å². The van der Waals surface area contributed by atoms with Gasteiger partial charge in [0.15, 0.2) is 0 Å². The van der Waals surface area contributed by atoms with E-state index in [1.165, 1.54) is 18.3 Å². The lowest BCUT2D eigenvalue weighted by atomic mass is 10.1. The van der Waals surface area contributed by atoms with Crippen molar-refractivity contribution in [2.24, 2.45) is 5.73 Å². The summed E-state index contributed by atoms with van der Waals surface area (Å²) >= 11 is 0. The minimum absolute atomic E-state index is 0.148. The number of hydrogen-bond acceptors (Lipinski definition) is 2. The van der Waals surface area contributed by atoms with Crippen LogP contribution < -0.4 is 5.73 Å². The average Bonchev–Trinajstić information content (AvgIpc) is 2.03. The molecule has 0 bridgehead atoms. The molecule has 0 aromatic carbocycles. The number of rotatable bonds is 2. The number of pyridine rings is 1. The number of nitrogens with zero attached hydrogens (tertiary/aromatic N) is 1. The lowest BCUT2D eigenvalue weighted by Crippen LogP contribution is -2.10. The largest absolute Gasteiger partial charge is 0.323 e. The number of aromatic nitrogens is 1. The molecule has 2 nitrogen and oxygen atoms in total. The van der Waals surface area contributed by atoms with E-state index in [1.807, 2.05) is 6.92 Å². The van der Waals surface area contributed by atoms with Crippen molar-refractivity contribution in [3.8, 4) is 0 Å². The minimum atomic E-state index is -0.279. The molecular weight excluding hydrogens is 143 g/mol. The maximum absolute atomic E-state index is 12.6. The predicted octanol–water partition coefficient (Wildman–Crippen LogP) is 1.63. The Labute approximate surface area is 65.3 Å². The molecule has 1 heterocycles. The van der Waals surface area contributed by atoms with Crippen LogP contribution in [0.2, 0.25) is 0 Å². The van der Waals surface area contributed by atoms with Crippen molar-refractivity contribution in [1.29, 1.82) is 0 Å². The van der Waals surface area contributed by atoms with Gasteiger partial charge in [-0.2, -0.15) is 0 Å². The fraction of sp³-hybridized carbons (Fsp3) is 0.375. The zero-order valence-electron chi connectivity index (χ0n) is 6.42. The van der Waals surface area contributed by atoms with E-state index in [0.717, 1.165) is 6.42 Å². The van der Waals surface area contributed by atoms with Crippen LogP contribution in [0.15, 0.2) is 18.3 Å². The van der Waals surface area contributed by atoms with Gasteiger partial charge in [-0.05, 0) is 18.6 Å². The van der Waals surface area contributed by atoms with E-state index in [9.17, 15) is 4.39 Å². The maximum Gasteiger partial charge on any atom is 0.126 e. The highest BCUT2D eigenvalue weighted by atomic mass is 19.1. The quantitative estimate of drug-likeness (QED) is 0.703. The summed E-state index contributed by atoms with van der Waals surface area (Å²) in [4.78, 5) is 3.95. The normalized spacial score (nSPS) is 13.0. The molecule has 0 radical (unpaired) electrons. The molecular formula is C8H11FN2. The minimum Gasteiger partial charge on any atom is -0.323 e. The molecule has 0 fully saturated rings. The van der Waals surface area contributed by atoms with E-state index >= 15 is 0 Å². The van der Waals surface area contributed by atoms with Gasteiger partial charge >= 0.3 is 0 Å². The van der Waals surface area contributed by atoms with Crippen LogP contribution in [0.3, 0.4) is 0 Å². The standard InChI is InChI=1S/C8H11FN2/c1-2-7(10)8-5-6(9)3-4-11-8/h3-5,7H,2,10H2,1H3. The SMILES string of the molecule is CCC(N)c1cc(F)ccn1. The van der Waals surface area contributed by atoms with Crippen molar-refractivity contribution in [3.05, 3.63) is 29.8 Å². The Bertz CT molecular complexity index is 237. The van der Waals surface area contributed by atoms with Crippen LogP contribution in [0.1, 0.15) is 25.1 Å². The third kappa shape index (κ3) is 1.98. The van der Waals surface area contributed by atoms with Gasteiger partial charge in [-0.3, -0.25) is 4.98 Å². The highest BCUT2D eigenvalue weighted by Crippen LogP contribution is 2.10. The summed E-state index contributed by atoms with van der Waals surface area (Å²) < 4.78 is 12.6. The molecule has 1 unspecified atom stereocenters. The van der Waals surface area contributed by atoms with Gasteiger partial charge < -0.3 is 5.73 Å². The van der Waals surface area contributed by atoms with Gasteiger partial charge in [-0.15, -0.1) is 0 Å². The molecule has 2 N–H and O–H groups in total. The first kappa shape index (κ1) is 8.14. The van der Waals surface area contributed by atoms with Gasteiger partial charge in [0.25, 0.3) is 0 Å². The van der Waals surface area contributed by atoms with Crippen molar-refractivity contribution in [3.63, 3.8) is 0 Å². The molecule has 0 aliphatic heterocycles. The zero-order valence-corrected chi connectivity index (χ0v) is 6.42. The third-order valence-corrected chi connectivity index (χ3v) is 1.56. The molecule has 0 spiro atoms. The number of nitrogens with two attached hydrogens (primary N) is 1. The fourth-order valence-electron chi connectivity index (χ4n) is 0.833. The second-order valence-corrected chi connectivity index (χ2v) is 2.41. The first-order valence-corrected chi connectivity index (χ1v) is 3.61. The monoisotopic (exact) mass is 154 g/mol. The number of halogens is 1. The van der Waals surface area contributed by atoms with Gasteiger partial charge in [-0.25, -0.2) is 4.39 Å². The highest BCUT2D eigenvalue weighted by Gasteiger charge is 2.04. The summed E-state index contributed by atoms with van der Waals surface area (Å²) in [5.74, 6) is -0.279. The molecule has 0 aliphatic carbocycles. The molecule has 0 aliphatic rings. The summed E-state index contributed by atoms with van der Waals surface area (Å²) in [6, 6.07) is 2.53. The van der Waals surface area contributed by atoms with Gasteiger partial charge in [0, 0.05) is 12.2 Å². The van der Waals surface area contributed by atoms with Crippen LogP contribution >= 0.6 is 0 Å². The highest BCUT2D eigenvalue weighted by molar-refractivity contribution is 5.09. The zero-order chi connectivity index (χ0) is 8.27. The Morgan fingerprint density at radius 1 is 1.73 bits per heavy atom. The van der Waals surface area contributed by atoms with Crippen molar-refractivity contribution in [1.82, 2.24) is 4.98 Å². The summed E-state index contributed by atoms with van der Waals surface area (Å²) in [6.07, 6.45) is 2.20. The molecule has 1 atom stereocenters. The van der Waals surface area contributed by atoms with Gasteiger partial charge in [0.1, 0.15) is 5.82 Å². The summed E-state index contributed by atoms with van der Waals surface area (Å²) in [7, 11) is 0. The van der Waals surface area contributed by atoms with E-state index in [-0.39, 0.29) is 11.9 Å². The van der Waals surface area contributed by atoms with Gasteiger partial charge in [-0.1, -0.05) is 6.92 Å². The number of hydrogen-bond donors (Lipinski definition) is 1. The Hall–Kier alpha value is -0.960. The first-order valence-electron chi connectivity index (χ1n) is 3.61. The van der Waals surface area contributed by atoms with Crippen LogP contribution in [0.5, 0.6) is 0 Å². The maximum atomic E-state index is 12.6. The van der Waals surface area contributed by atoms with E-state index < -0.39 is 0 Å². The second kappa shape index (κ2) is 3.44. The molecule has 1 rings (SSSR count). The predicted molar refractivity (Wildman–Crippen MR) is 41.4 cm³/mol. The van der Waals surface area contributed by atoms with Crippen LogP contribution in [-0.2, 0) is 0 Å². The molecule has 0 saturated carbocycles. The van der Waals surface area contributed by atoms with Crippen LogP contribution in [0.25, 0.3) is 0 Å². The summed E-state index contributed by atoms with van der Waals surface area (Å²) in [5, 5.41) is 0. The Morgan fingerprint density at radius 2 is 2.45 bits per heavy atom. The molecule has 60 valence electrons. The fourth-order valence-corrected chi connectivity index (χ4v) is 0.833. The molecule has 11 heavy (non-hydrogen) atoms. The Balaban J connectivity index is 2.86. The van der Waals surface area contributed by atoms with E-state index in [2.05, 4.69) is 4.98 Å². The molecule has 0 saturated heterocycles. The van der Waals surface area contributed by atoms with E-state index in [0.29, 0.717) is 5.69 Å². The summed E-state index contributed by atoms with van der Waals surface area (Å²) in [5.41, 5.74) is 6.25. The van der Waals surface area contributed by atoms with Gasteiger partial charge in [0.2, 0.25) is 0 Å². The second-order valence-electron chi connectivity index (χ2n) is 2.41. The van der Waals surface area contributed by atoms with E-state index in [4.69, 9.17) is 5.73 Å². The van der Waals surface area contributed by atoms with Gasteiger partial charge in [0.05, 0.1) is 5.69 Å². The molecule has 1 aromatic rings. The van der Waals surface area contributed by atoms with Crippen molar-refractivity contribution in [2.45, 2.75) is 19.4 Å². The Kier molecular flexibility index (Phi) is 2.54. The first-order chi connectivity index (χ1) is 5.24. The van der Waals surface area contributed by atoms with Crippen molar-refractivity contribution in [2.75, 3.05) is 0 Å². The smallest absolute Gasteiger partial charge is 0.126 e. The van der Waals surface area contributed by atoms with Crippen molar-refractivity contribution >= 4 is 0 Å². The van der Waals surface area contributed by atoms with Crippen molar-refractivity contribution < 1.29 is 4.39 Å². The molecule has 0 amide bonds. The van der Waals surface area contributed by atoms with E-state index in [1.54, 1.807) is 0 Å². The van der Waals surface area contributed by atoms with Crippen LogP contribution in [0.4, 0.5) is 4.39 Å². The molecule has 3 heteroatoms. The average molecular weight is 154 g/mol. The van der Waals surface area contributed by atoms with Crippen LogP contribution in [-0.4, -0.2) is 4.98 Å². The lowest BCUT2D eigenvalue weighted by Gasteiger charge is -2.06. The summed E-state index contributed by atoms with van der Waals surface area (Å²) in [6.45, 7) is 1.94. The molecule has 1 aromatic heterocycles.